The van der Waals surface area contributed by atoms with Gasteiger partial charge in [0.25, 0.3) is 0 Å². The highest BCUT2D eigenvalue weighted by Gasteiger charge is 2.86. The maximum atomic E-state index is 15.4. The molecule has 0 spiro atoms. The monoisotopic (exact) mass is 833 g/mol. The summed E-state index contributed by atoms with van der Waals surface area (Å²) in [5.41, 5.74) is -6.11. The third kappa shape index (κ3) is 6.55. The van der Waals surface area contributed by atoms with E-state index in [1.165, 1.54) is 21.1 Å². The van der Waals surface area contributed by atoms with E-state index in [1.54, 1.807) is 102 Å². The maximum Gasteiger partial charge on any atom is 0.408 e. The van der Waals surface area contributed by atoms with Crippen molar-refractivity contribution in [1.82, 2.24) is 5.32 Å². The van der Waals surface area contributed by atoms with Crippen LogP contribution >= 0.6 is 0 Å². The fourth-order valence-electron chi connectivity index (χ4n) is 11.1. The number of nitrogens with one attached hydrogen (secondary N) is 1. The van der Waals surface area contributed by atoms with Gasteiger partial charge in [0.05, 0.1) is 40.7 Å². The molecule has 5 aliphatic carbocycles. The minimum absolute atomic E-state index is 0.112. The number of amides is 1. The average Bonchev–Trinajstić information content (AvgIpc) is 3.19. The van der Waals surface area contributed by atoms with Crippen molar-refractivity contribution in [2.75, 3.05) is 20.8 Å². The highest BCUT2D eigenvalue weighted by molar-refractivity contribution is 5.95. The first kappa shape index (κ1) is 43.4. The number of hydrogen-bond acceptors (Lipinski definition) is 14. The van der Waals surface area contributed by atoms with Crippen LogP contribution in [0.25, 0.3) is 0 Å². The number of Topliss-reactive ketones (excluding diaryl/α,β-unsaturated/α-hetero) is 1. The Morgan fingerprint density at radius 3 is 2.13 bits per heavy atom. The lowest BCUT2D eigenvalue weighted by Crippen LogP contribution is -2.88. The molecule has 15 heteroatoms. The van der Waals surface area contributed by atoms with Gasteiger partial charge in [0.1, 0.15) is 30.0 Å². The fraction of sp³-hybridized carbons (Fsp3) is 0.578. The van der Waals surface area contributed by atoms with Gasteiger partial charge in [0.2, 0.25) is 0 Å². The quantitative estimate of drug-likeness (QED) is 0.175. The van der Waals surface area contributed by atoms with E-state index in [0.717, 1.165) is 0 Å². The van der Waals surface area contributed by atoms with Crippen LogP contribution in [0.3, 0.4) is 0 Å². The van der Waals surface area contributed by atoms with Crippen LogP contribution in [-0.2, 0) is 47.5 Å². The van der Waals surface area contributed by atoms with Gasteiger partial charge in [-0.25, -0.2) is 14.4 Å². The molecule has 4 saturated carbocycles. The van der Waals surface area contributed by atoms with E-state index >= 15 is 4.79 Å². The van der Waals surface area contributed by atoms with Crippen LogP contribution in [0.2, 0.25) is 0 Å². The first-order valence-electron chi connectivity index (χ1n) is 20.2. The molecule has 2 aromatic carbocycles. The Morgan fingerprint density at radius 2 is 1.58 bits per heavy atom. The highest BCUT2D eigenvalue weighted by atomic mass is 16.6. The first-order valence-corrected chi connectivity index (χ1v) is 20.2. The van der Waals surface area contributed by atoms with Crippen molar-refractivity contribution in [3.63, 3.8) is 0 Å². The summed E-state index contributed by atoms with van der Waals surface area (Å²) in [4.78, 5) is 69.7. The van der Waals surface area contributed by atoms with E-state index in [2.05, 4.69) is 5.32 Å². The van der Waals surface area contributed by atoms with Gasteiger partial charge < -0.3 is 48.7 Å². The van der Waals surface area contributed by atoms with Gasteiger partial charge in [-0.2, -0.15) is 0 Å². The number of hydrogen-bond donors (Lipinski definition) is 3. The summed E-state index contributed by atoms with van der Waals surface area (Å²) in [7, 11) is 2.82. The van der Waals surface area contributed by atoms with Crippen LogP contribution in [0.5, 0.6) is 0 Å². The van der Waals surface area contributed by atoms with Gasteiger partial charge in [-0.15, -0.1) is 0 Å². The molecule has 6 aliphatic rings. The number of alkyl carbamates (subject to hydrolysis) is 1. The van der Waals surface area contributed by atoms with Gasteiger partial charge in [-0.05, 0) is 70.4 Å². The zero-order valence-electron chi connectivity index (χ0n) is 35.4. The molecule has 1 amide bonds. The molecule has 0 unspecified atom stereocenters. The number of carbonyl (C=O) groups is 5. The number of aliphatic hydroxyl groups excluding tert-OH is 1. The Morgan fingerprint density at radius 1 is 0.950 bits per heavy atom. The maximum absolute atomic E-state index is 15.4. The van der Waals surface area contributed by atoms with Crippen molar-refractivity contribution in [2.45, 2.75) is 121 Å². The van der Waals surface area contributed by atoms with E-state index in [9.17, 15) is 29.4 Å². The van der Waals surface area contributed by atoms with Crippen molar-refractivity contribution in [2.24, 2.45) is 22.7 Å². The smallest absolute Gasteiger partial charge is 0.408 e. The third-order valence-electron chi connectivity index (χ3n) is 13.8. The summed E-state index contributed by atoms with van der Waals surface area (Å²) in [6.07, 6.45) is -8.33. The second kappa shape index (κ2) is 15.4. The molecule has 1 aliphatic heterocycles. The Balaban J connectivity index is 1.36. The molecule has 3 N–H and O–H groups in total. The largest absolute Gasteiger partial charge is 0.457 e. The number of aliphatic hydroxyl groups is 2. The second-order valence-electron chi connectivity index (χ2n) is 18.1. The summed E-state index contributed by atoms with van der Waals surface area (Å²) in [5.74, 6) is -5.10. The predicted molar refractivity (Wildman–Crippen MR) is 211 cm³/mol. The molecule has 1 saturated heterocycles. The molecule has 2 aromatic rings. The van der Waals surface area contributed by atoms with Gasteiger partial charge in [0, 0.05) is 45.8 Å². The van der Waals surface area contributed by atoms with Gasteiger partial charge in [-0.1, -0.05) is 48.5 Å². The second-order valence-corrected chi connectivity index (χ2v) is 18.1. The lowest BCUT2D eigenvalue weighted by atomic mass is 9.32. The molecular formula is C45H55NO14. The number of rotatable bonds is 10. The fourth-order valence-corrected chi connectivity index (χ4v) is 11.1. The average molecular weight is 834 g/mol. The third-order valence-corrected chi connectivity index (χ3v) is 13.8. The molecule has 8 rings (SSSR count). The Bertz CT molecular complexity index is 2070. The summed E-state index contributed by atoms with van der Waals surface area (Å²) in [5, 5.41) is 27.8. The predicted octanol–water partition coefficient (Wildman–Crippen LogP) is 4.18. The van der Waals surface area contributed by atoms with Crippen molar-refractivity contribution in [3.8, 4) is 0 Å². The lowest BCUT2D eigenvalue weighted by molar-refractivity contribution is -0.381. The lowest BCUT2D eigenvalue weighted by Gasteiger charge is -2.76. The highest BCUT2D eigenvalue weighted by Crippen LogP contribution is 2.74. The minimum Gasteiger partial charge on any atom is -0.457 e. The molecule has 1 heterocycles. The number of carbonyl (C=O) groups excluding carboxylic acids is 5. The molecule has 60 heavy (non-hydrogen) atoms. The summed E-state index contributed by atoms with van der Waals surface area (Å²) in [6, 6.07) is 15.4. The van der Waals surface area contributed by atoms with Crippen LogP contribution in [0, 0.1) is 22.7 Å². The first-order chi connectivity index (χ1) is 28.2. The zero-order chi connectivity index (χ0) is 43.7. The number of ether oxygens (including phenoxy) is 7. The number of methoxy groups -OCH3 is 2. The van der Waals surface area contributed by atoms with Crippen LogP contribution in [-0.4, -0.2) is 114 Å². The summed E-state index contributed by atoms with van der Waals surface area (Å²) < 4.78 is 42.4. The molecule has 324 valence electrons. The molecule has 5 fully saturated rings. The van der Waals surface area contributed by atoms with E-state index in [4.69, 9.17) is 33.2 Å². The summed E-state index contributed by atoms with van der Waals surface area (Å²) in [6.45, 7) is 11.2. The van der Waals surface area contributed by atoms with Crippen LogP contribution in [0.1, 0.15) is 83.3 Å². The van der Waals surface area contributed by atoms with E-state index in [1.807, 2.05) is 0 Å². The molecule has 0 aromatic heterocycles. The van der Waals surface area contributed by atoms with E-state index in [0.29, 0.717) is 11.1 Å². The normalized spacial score (nSPS) is 36.3. The van der Waals surface area contributed by atoms with Gasteiger partial charge in [0.15, 0.2) is 17.5 Å². The number of ketones is 1. The van der Waals surface area contributed by atoms with Crippen molar-refractivity contribution < 1.29 is 67.3 Å². The molecular weight excluding hydrogens is 778 g/mol. The topological polar surface area (TPSA) is 202 Å². The Kier molecular flexibility index (Phi) is 11.1. The summed E-state index contributed by atoms with van der Waals surface area (Å²) >= 11 is 0. The van der Waals surface area contributed by atoms with Gasteiger partial charge >= 0.3 is 24.0 Å². The number of benzene rings is 2. The van der Waals surface area contributed by atoms with Crippen LogP contribution in [0.15, 0.2) is 71.8 Å². The Labute approximate surface area is 349 Å². The standard InChI is InChI=1S/C45H55NO14/c1-23-27(57-39(51)33(48)32(25-16-12-10-13-17-25)46-40(52)60-41(3,4)5)21-45(53)31-35-42(6,28(54-8)20-29-44(35,22-56-29)59-24(2)47)36(49)34(55-9)30(23)43(45,7)37(31)58-38(50)26-18-14-11-15-19-26/h10-19,27-29,31-35,37,48,53H,20-22H2,1-9H3,(H,46,52)/t27-,28-,29+,31+,32-,33+,34+,35-,37+,42+,43+,44-,45+/m0/s1. The van der Waals surface area contributed by atoms with E-state index < -0.39 is 112 Å². The van der Waals surface area contributed by atoms with Crippen molar-refractivity contribution in [3.05, 3.63) is 82.9 Å². The Hall–Kier alpha value is -4.67. The molecule has 4 bridgehead atoms. The number of fused-ring (bicyclic) bond motifs is 2. The number of esters is 3. The zero-order valence-corrected chi connectivity index (χ0v) is 35.4. The van der Waals surface area contributed by atoms with Crippen molar-refractivity contribution in [1.29, 1.82) is 0 Å². The SMILES string of the molecule is CO[C@H]1C(=O)[C@]2(C)[C@@H](OC)C[C@H]3OC[C@@]3(OC(C)=O)[C@H]2[C@@H]2[C@@H](OC(=O)c3ccccc3)[C@@]3(C)C1=C(C)[C@@H](OC(=O)[C@H](O)[C@@H](NC(=O)OC(C)(C)C)c1ccccc1)C[C@@]23O. The van der Waals surface area contributed by atoms with Gasteiger partial charge in [-0.3, -0.25) is 9.59 Å². The van der Waals surface area contributed by atoms with E-state index in [-0.39, 0.29) is 30.6 Å². The van der Waals surface area contributed by atoms with Crippen LogP contribution < -0.4 is 5.32 Å². The minimum atomic E-state index is -1.96. The van der Waals surface area contributed by atoms with Crippen LogP contribution in [0.4, 0.5) is 4.79 Å². The molecule has 13 atom stereocenters. The molecule has 0 radical (unpaired) electrons. The van der Waals surface area contributed by atoms with Crippen molar-refractivity contribution >= 4 is 29.8 Å². The molecule has 15 nitrogen and oxygen atoms in total.